The van der Waals surface area contributed by atoms with Crippen LogP contribution >= 0.6 is 0 Å². The van der Waals surface area contributed by atoms with Gasteiger partial charge in [-0.1, -0.05) is 0 Å². The molecule has 0 aromatic heterocycles. The molecular weight excluding hydrogens is 356 g/mol. The summed E-state index contributed by atoms with van der Waals surface area (Å²) in [5, 5.41) is 2.89. The first-order valence-electron chi connectivity index (χ1n) is 9.57. The van der Waals surface area contributed by atoms with Crippen LogP contribution in [0.15, 0.2) is 48.5 Å². The van der Waals surface area contributed by atoms with Crippen LogP contribution in [0.25, 0.3) is 0 Å². The van der Waals surface area contributed by atoms with Crippen molar-refractivity contribution in [3.8, 4) is 11.5 Å². The lowest BCUT2D eigenvalue weighted by Gasteiger charge is -2.17. The van der Waals surface area contributed by atoms with Crippen LogP contribution in [-0.4, -0.2) is 31.1 Å². The Morgan fingerprint density at radius 2 is 1.75 bits per heavy atom. The van der Waals surface area contributed by atoms with Crippen LogP contribution in [0.5, 0.6) is 11.5 Å². The van der Waals surface area contributed by atoms with Gasteiger partial charge in [-0.05, 0) is 69.3 Å². The first-order chi connectivity index (χ1) is 13.5. The van der Waals surface area contributed by atoms with E-state index in [1.54, 1.807) is 17.0 Å². The number of nitrogens with zero attached hydrogens (tertiary/aromatic N) is 1. The van der Waals surface area contributed by atoms with Crippen molar-refractivity contribution >= 4 is 23.2 Å². The van der Waals surface area contributed by atoms with Gasteiger partial charge in [-0.15, -0.1) is 0 Å². The lowest BCUT2D eigenvalue weighted by Crippen LogP contribution is -2.28. The summed E-state index contributed by atoms with van der Waals surface area (Å²) in [4.78, 5) is 26.6. The van der Waals surface area contributed by atoms with Crippen molar-refractivity contribution < 1.29 is 19.1 Å². The van der Waals surface area contributed by atoms with Gasteiger partial charge in [0.05, 0.1) is 18.6 Å². The summed E-state index contributed by atoms with van der Waals surface area (Å²) < 4.78 is 11.0. The Balaban J connectivity index is 1.60. The Kier molecular flexibility index (Phi) is 6.19. The maximum absolute atomic E-state index is 12.6. The molecule has 0 aliphatic carbocycles. The van der Waals surface area contributed by atoms with Crippen molar-refractivity contribution in [3.63, 3.8) is 0 Å². The Bertz CT molecular complexity index is 815. The van der Waals surface area contributed by atoms with Crippen LogP contribution in [0.1, 0.15) is 27.2 Å². The average Bonchev–Trinajstić information content (AvgIpc) is 3.06. The fraction of sp³-hybridized carbons (Fsp3) is 0.364. The number of nitrogens with one attached hydrogen (secondary N) is 1. The van der Waals surface area contributed by atoms with Crippen molar-refractivity contribution in [1.82, 2.24) is 0 Å². The van der Waals surface area contributed by atoms with E-state index in [4.69, 9.17) is 9.47 Å². The van der Waals surface area contributed by atoms with Crippen molar-refractivity contribution in [3.05, 3.63) is 48.5 Å². The molecule has 1 heterocycles. The quantitative estimate of drug-likeness (QED) is 0.789. The van der Waals surface area contributed by atoms with E-state index in [0.29, 0.717) is 18.8 Å². The normalized spacial score (nSPS) is 16.4. The topological polar surface area (TPSA) is 67.9 Å². The first kappa shape index (κ1) is 19.7. The van der Waals surface area contributed by atoms with E-state index in [1.807, 2.05) is 57.2 Å². The van der Waals surface area contributed by atoms with Crippen molar-refractivity contribution in [1.29, 1.82) is 0 Å². The summed E-state index contributed by atoms with van der Waals surface area (Å²) in [5.74, 6) is 0.928. The van der Waals surface area contributed by atoms with Gasteiger partial charge in [-0.2, -0.15) is 0 Å². The Hall–Kier alpha value is -3.02. The lowest BCUT2D eigenvalue weighted by atomic mass is 10.1. The second-order valence-corrected chi connectivity index (χ2v) is 7.01. The van der Waals surface area contributed by atoms with Gasteiger partial charge in [-0.25, -0.2) is 0 Å². The zero-order chi connectivity index (χ0) is 20.1. The molecule has 1 N–H and O–H groups in total. The highest BCUT2D eigenvalue weighted by Gasteiger charge is 2.35. The minimum atomic E-state index is -0.384. The van der Waals surface area contributed by atoms with Gasteiger partial charge in [0.2, 0.25) is 11.8 Å². The Labute approximate surface area is 165 Å². The molecule has 0 spiro atoms. The molecular formula is C22H26N2O4. The van der Waals surface area contributed by atoms with Crippen molar-refractivity contribution in [2.75, 3.05) is 23.4 Å². The van der Waals surface area contributed by atoms with E-state index in [1.165, 1.54) is 0 Å². The summed E-state index contributed by atoms with van der Waals surface area (Å²) in [6.45, 7) is 6.81. The molecule has 0 saturated carbocycles. The SMILES string of the molecule is CCOc1ccc(N2C[C@@H](C(=O)Nc3ccc(OC(C)C)cc3)CC2=O)cc1. The molecule has 1 fully saturated rings. The zero-order valence-corrected chi connectivity index (χ0v) is 16.5. The molecule has 2 aromatic rings. The molecule has 0 bridgehead atoms. The van der Waals surface area contributed by atoms with E-state index >= 15 is 0 Å². The molecule has 0 radical (unpaired) electrons. The Morgan fingerprint density at radius 1 is 1.11 bits per heavy atom. The van der Waals surface area contributed by atoms with E-state index in [0.717, 1.165) is 17.2 Å². The third kappa shape index (κ3) is 4.82. The average molecular weight is 382 g/mol. The fourth-order valence-corrected chi connectivity index (χ4v) is 3.16. The van der Waals surface area contributed by atoms with Gasteiger partial charge in [0.15, 0.2) is 0 Å². The summed E-state index contributed by atoms with van der Waals surface area (Å²) in [5.41, 5.74) is 1.46. The number of rotatable bonds is 7. The van der Waals surface area contributed by atoms with Crippen LogP contribution in [0.2, 0.25) is 0 Å². The smallest absolute Gasteiger partial charge is 0.229 e. The maximum atomic E-state index is 12.6. The van der Waals surface area contributed by atoms with Gasteiger partial charge in [0.25, 0.3) is 0 Å². The van der Waals surface area contributed by atoms with Crippen LogP contribution in [-0.2, 0) is 9.59 Å². The molecule has 2 aromatic carbocycles. The van der Waals surface area contributed by atoms with E-state index in [9.17, 15) is 9.59 Å². The molecule has 28 heavy (non-hydrogen) atoms. The van der Waals surface area contributed by atoms with Gasteiger partial charge in [0.1, 0.15) is 11.5 Å². The first-order valence-corrected chi connectivity index (χ1v) is 9.57. The largest absolute Gasteiger partial charge is 0.494 e. The van der Waals surface area contributed by atoms with Gasteiger partial charge < -0.3 is 19.7 Å². The number of anilines is 2. The molecule has 1 saturated heterocycles. The standard InChI is InChI=1S/C22H26N2O4/c1-4-27-19-11-7-18(8-12-19)24-14-16(13-21(24)25)22(26)23-17-5-9-20(10-6-17)28-15(2)3/h5-12,15-16H,4,13-14H2,1-3H3,(H,23,26)/t16-/m0/s1. The van der Waals surface area contributed by atoms with Crippen molar-refractivity contribution in [2.24, 2.45) is 5.92 Å². The van der Waals surface area contributed by atoms with Gasteiger partial charge in [-0.3, -0.25) is 9.59 Å². The highest BCUT2D eigenvalue weighted by molar-refractivity contribution is 6.03. The summed E-state index contributed by atoms with van der Waals surface area (Å²) in [6.07, 6.45) is 0.298. The third-order valence-corrected chi connectivity index (χ3v) is 4.45. The van der Waals surface area contributed by atoms with Crippen molar-refractivity contribution in [2.45, 2.75) is 33.3 Å². The second-order valence-electron chi connectivity index (χ2n) is 7.01. The molecule has 6 heteroatoms. The minimum absolute atomic E-state index is 0.0509. The Morgan fingerprint density at radius 3 is 2.36 bits per heavy atom. The highest BCUT2D eigenvalue weighted by atomic mass is 16.5. The number of benzene rings is 2. The predicted octanol–water partition coefficient (Wildman–Crippen LogP) is 3.86. The number of amides is 2. The lowest BCUT2D eigenvalue weighted by molar-refractivity contribution is -0.122. The predicted molar refractivity (Wildman–Crippen MR) is 109 cm³/mol. The molecule has 148 valence electrons. The summed E-state index contributed by atoms with van der Waals surface area (Å²) in [6, 6.07) is 14.6. The number of carbonyl (C=O) groups excluding carboxylic acids is 2. The van der Waals surface area contributed by atoms with Crippen LogP contribution in [0, 0.1) is 5.92 Å². The molecule has 1 atom stereocenters. The maximum Gasteiger partial charge on any atom is 0.229 e. The van der Waals surface area contributed by atoms with E-state index < -0.39 is 0 Å². The summed E-state index contributed by atoms with van der Waals surface area (Å²) >= 11 is 0. The van der Waals surface area contributed by atoms with Crippen LogP contribution in [0.4, 0.5) is 11.4 Å². The summed E-state index contributed by atoms with van der Waals surface area (Å²) in [7, 11) is 0. The van der Waals surface area contributed by atoms with E-state index in [2.05, 4.69) is 5.32 Å². The zero-order valence-electron chi connectivity index (χ0n) is 16.5. The molecule has 3 rings (SSSR count). The number of hydrogen-bond acceptors (Lipinski definition) is 4. The third-order valence-electron chi connectivity index (χ3n) is 4.45. The molecule has 1 aliphatic rings. The number of carbonyl (C=O) groups is 2. The van der Waals surface area contributed by atoms with Gasteiger partial charge >= 0.3 is 0 Å². The van der Waals surface area contributed by atoms with Crippen LogP contribution < -0.4 is 19.7 Å². The number of ether oxygens (including phenoxy) is 2. The second kappa shape index (κ2) is 8.78. The minimum Gasteiger partial charge on any atom is -0.494 e. The molecule has 6 nitrogen and oxygen atoms in total. The molecule has 1 aliphatic heterocycles. The molecule has 2 amide bonds. The highest BCUT2D eigenvalue weighted by Crippen LogP contribution is 2.28. The number of hydrogen-bond donors (Lipinski definition) is 1. The van der Waals surface area contributed by atoms with E-state index in [-0.39, 0.29) is 30.3 Å². The van der Waals surface area contributed by atoms with Gasteiger partial charge in [0, 0.05) is 24.3 Å². The van der Waals surface area contributed by atoms with Crippen LogP contribution in [0.3, 0.4) is 0 Å². The monoisotopic (exact) mass is 382 g/mol. The fourth-order valence-electron chi connectivity index (χ4n) is 3.16. The molecule has 0 unspecified atom stereocenters.